The van der Waals surface area contributed by atoms with Gasteiger partial charge in [0.05, 0.1) is 14.2 Å². The summed E-state index contributed by atoms with van der Waals surface area (Å²) in [6.45, 7) is 3.21. The van der Waals surface area contributed by atoms with E-state index in [-0.39, 0.29) is 12.5 Å². The molecule has 0 bridgehead atoms. The third-order valence-corrected chi connectivity index (χ3v) is 5.53. The summed E-state index contributed by atoms with van der Waals surface area (Å²) in [7, 11) is 3.26. The standard InChI is InChI=1S/C25H28N2O5/c1-29-20-10-8-19(9-11-20)26-14-5-15-27(17-16-26)25(28)24-13-12-21(32-24)18-31-23-7-4-3-6-22(23)30-2/h3-4,6-13H,5,14-18H2,1-2H3. The molecule has 0 spiro atoms. The molecule has 0 radical (unpaired) electrons. The quantitative estimate of drug-likeness (QED) is 0.552. The number of ether oxygens (including phenoxy) is 3. The molecule has 0 unspecified atom stereocenters. The van der Waals surface area contributed by atoms with Crippen LogP contribution in [0, 0.1) is 0 Å². The van der Waals surface area contributed by atoms with E-state index in [0.29, 0.717) is 36.1 Å². The molecule has 168 valence electrons. The zero-order chi connectivity index (χ0) is 22.3. The lowest BCUT2D eigenvalue weighted by molar-refractivity contribution is 0.0731. The zero-order valence-corrected chi connectivity index (χ0v) is 18.5. The van der Waals surface area contributed by atoms with E-state index in [1.807, 2.05) is 41.3 Å². The van der Waals surface area contributed by atoms with Gasteiger partial charge < -0.3 is 28.4 Å². The number of carbonyl (C=O) groups is 1. The molecule has 0 saturated carbocycles. The highest BCUT2D eigenvalue weighted by molar-refractivity contribution is 5.91. The van der Waals surface area contributed by atoms with Gasteiger partial charge in [-0.05, 0) is 55.0 Å². The number of rotatable bonds is 7. The smallest absolute Gasteiger partial charge is 0.289 e. The van der Waals surface area contributed by atoms with E-state index in [1.54, 1.807) is 26.4 Å². The zero-order valence-electron chi connectivity index (χ0n) is 18.5. The third-order valence-electron chi connectivity index (χ3n) is 5.53. The molecule has 7 nitrogen and oxygen atoms in total. The number of furan rings is 1. The van der Waals surface area contributed by atoms with E-state index >= 15 is 0 Å². The van der Waals surface area contributed by atoms with Crippen LogP contribution in [0.3, 0.4) is 0 Å². The SMILES string of the molecule is COc1ccc(N2CCCN(C(=O)c3ccc(COc4ccccc4OC)o3)CC2)cc1. The average molecular weight is 437 g/mol. The maximum Gasteiger partial charge on any atom is 0.289 e. The van der Waals surface area contributed by atoms with Crippen molar-refractivity contribution in [2.75, 3.05) is 45.3 Å². The second-order valence-electron chi connectivity index (χ2n) is 7.54. The molecule has 1 aliphatic rings. The largest absolute Gasteiger partial charge is 0.497 e. The van der Waals surface area contributed by atoms with Gasteiger partial charge in [-0.1, -0.05) is 12.1 Å². The highest BCUT2D eigenvalue weighted by Crippen LogP contribution is 2.27. The van der Waals surface area contributed by atoms with Crippen LogP contribution in [0.25, 0.3) is 0 Å². The molecular formula is C25H28N2O5. The number of nitrogens with zero attached hydrogens (tertiary/aromatic N) is 2. The number of para-hydroxylation sites is 2. The summed E-state index contributed by atoms with van der Waals surface area (Å²) in [6.07, 6.45) is 0.891. The molecule has 2 heterocycles. The van der Waals surface area contributed by atoms with E-state index in [0.717, 1.165) is 30.9 Å². The first-order chi connectivity index (χ1) is 15.7. The summed E-state index contributed by atoms with van der Waals surface area (Å²) in [4.78, 5) is 17.2. The maximum absolute atomic E-state index is 13.0. The molecular weight excluding hydrogens is 408 g/mol. The van der Waals surface area contributed by atoms with Crippen molar-refractivity contribution in [3.05, 3.63) is 72.2 Å². The Hall–Kier alpha value is -3.61. The van der Waals surface area contributed by atoms with Crippen LogP contribution in [0.2, 0.25) is 0 Å². The van der Waals surface area contributed by atoms with Gasteiger partial charge in [-0.3, -0.25) is 4.79 Å². The predicted octanol–water partition coefficient (Wildman–Crippen LogP) is 4.23. The van der Waals surface area contributed by atoms with E-state index < -0.39 is 0 Å². The van der Waals surface area contributed by atoms with Crippen molar-refractivity contribution in [3.8, 4) is 17.2 Å². The predicted molar refractivity (Wildman–Crippen MR) is 122 cm³/mol. The van der Waals surface area contributed by atoms with Gasteiger partial charge in [0, 0.05) is 31.9 Å². The van der Waals surface area contributed by atoms with Crippen molar-refractivity contribution >= 4 is 11.6 Å². The molecule has 32 heavy (non-hydrogen) atoms. The summed E-state index contributed by atoms with van der Waals surface area (Å²) in [5.41, 5.74) is 1.13. The Balaban J connectivity index is 1.34. The number of amides is 1. The Kier molecular flexibility index (Phi) is 6.84. The Bertz CT molecular complexity index is 1030. The van der Waals surface area contributed by atoms with Crippen molar-refractivity contribution in [3.63, 3.8) is 0 Å². The molecule has 1 fully saturated rings. The summed E-state index contributed by atoms with van der Waals surface area (Å²) in [5, 5.41) is 0. The Morgan fingerprint density at radius 1 is 0.875 bits per heavy atom. The van der Waals surface area contributed by atoms with Gasteiger partial charge in [0.1, 0.15) is 18.1 Å². The Morgan fingerprint density at radius 3 is 2.41 bits per heavy atom. The van der Waals surface area contributed by atoms with Crippen LogP contribution >= 0.6 is 0 Å². The first kappa shape index (κ1) is 21.6. The van der Waals surface area contributed by atoms with Gasteiger partial charge in [-0.2, -0.15) is 0 Å². The van der Waals surface area contributed by atoms with Gasteiger partial charge in [-0.15, -0.1) is 0 Å². The summed E-state index contributed by atoms with van der Waals surface area (Å²) in [5.74, 6) is 2.95. The van der Waals surface area contributed by atoms with E-state index in [4.69, 9.17) is 18.6 Å². The highest BCUT2D eigenvalue weighted by atomic mass is 16.5. The summed E-state index contributed by atoms with van der Waals surface area (Å²) >= 11 is 0. The van der Waals surface area contributed by atoms with Gasteiger partial charge in [-0.25, -0.2) is 0 Å². The minimum absolute atomic E-state index is 0.0925. The fourth-order valence-corrected chi connectivity index (χ4v) is 3.78. The molecule has 1 aliphatic heterocycles. The number of carbonyl (C=O) groups excluding carboxylic acids is 1. The molecule has 7 heteroatoms. The minimum atomic E-state index is -0.0925. The summed E-state index contributed by atoms with van der Waals surface area (Å²) < 4.78 is 22.1. The van der Waals surface area contributed by atoms with E-state index in [9.17, 15) is 4.79 Å². The van der Waals surface area contributed by atoms with Gasteiger partial charge in [0.25, 0.3) is 5.91 Å². The van der Waals surface area contributed by atoms with Gasteiger partial charge in [0.15, 0.2) is 17.3 Å². The highest BCUT2D eigenvalue weighted by Gasteiger charge is 2.23. The van der Waals surface area contributed by atoms with Crippen LogP contribution in [-0.4, -0.2) is 51.2 Å². The number of benzene rings is 2. The topological polar surface area (TPSA) is 64.4 Å². The van der Waals surface area contributed by atoms with Crippen LogP contribution < -0.4 is 19.1 Å². The molecule has 1 saturated heterocycles. The van der Waals surface area contributed by atoms with Crippen molar-refractivity contribution < 1.29 is 23.4 Å². The Labute approximate surface area is 188 Å². The minimum Gasteiger partial charge on any atom is -0.497 e. The number of methoxy groups -OCH3 is 2. The van der Waals surface area contributed by atoms with Crippen molar-refractivity contribution in [1.29, 1.82) is 0 Å². The fraction of sp³-hybridized carbons (Fsp3) is 0.320. The normalized spacial score (nSPS) is 14.1. The lowest BCUT2D eigenvalue weighted by Gasteiger charge is -2.23. The van der Waals surface area contributed by atoms with Gasteiger partial charge >= 0.3 is 0 Å². The molecule has 0 aliphatic carbocycles. The molecule has 0 atom stereocenters. The van der Waals surface area contributed by atoms with Crippen molar-refractivity contribution in [2.24, 2.45) is 0 Å². The summed E-state index contributed by atoms with van der Waals surface area (Å²) in [6, 6.07) is 18.9. The number of anilines is 1. The van der Waals surface area contributed by atoms with Crippen LogP contribution in [0.15, 0.2) is 65.1 Å². The Morgan fingerprint density at radius 2 is 1.66 bits per heavy atom. The van der Waals surface area contributed by atoms with E-state index in [1.165, 1.54) is 0 Å². The average Bonchev–Trinajstić information content (AvgIpc) is 3.18. The van der Waals surface area contributed by atoms with Crippen molar-refractivity contribution in [1.82, 2.24) is 4.90 Å². The first-order valence-corrected chi connectivity index (χ1v) is 10.7. The number of hydrogen-bond donors (Lipinski definition) is 0. The third kappa shape index (κ3) is 4.99. The molecule has 1 aromatic heterocycles. The second-order valence-corrected chi connectivity index (χ2v) is 7.54. The molecule has 2 aromatic carbocycles. The lowest BCUT2D eigenvalue weighted by Crippen LogP contribution is -2.35. The van der Waals surface area contributed by atoms with E-state index in [2.05, 4.69) is 17.0 Å². The number of hydrogen-bond acceptors (Lipinski definition) is 6. The lowest BCUT2D eigenvalue weighted by atomic mass is 10.2. The second kappa shape index (κ2) is 10.1. The monoisotopic (exact) mass is 436 g/mol. The fourth-order valence-electron chi connectivity index (χ4n) is 3.78. The van der Waals surface area contributed by atoms with Crippen LogP contribution in [0.1, 0.15) is 22.7 Å². The molecule has 1 amide bonds. The van der Waals surface area contributed by atoms with Crippen LogP contribution in [0.5, 0.6) is 17.2 Å². The maximum atomic E-state index is 13.0. The molecule has 3 aromatic rings. The molecule has 4 rings (SSSR count). The first-order valence-electron chi connectivity index (χ1n) is 10.7. The molecule has 0 N–H and O–H groups in total. The van der Waals surface area contributed by atoms with Crippen LogP contribution in [0.4, 0.5) is 5.69 Å². The van der Waals surface area contributed by atoms with Gasteiger partial charge in [0.2, 0.25) is 0 Å². The van der Waals surface area contributed by atoms with Crippen LogP contribution in [-0.2, 0) is 6.61 Å². The van der Waals surface area contributed by atoms with Crippen molar-refractivity contribution in [2.45, 2.75) is 13.0 Å².